The van der Waals surface area contributed by atoms with E-state index < -0.39 is 24.3 Å². The first kappa shape index (κ1) is 37.9. The van der Waals surface area contributed by atoms with Crippen molar-refractivity contribution >= 4 is 23.5 Å². The lowest BCUT2D eigenvalue weighted by Gasteiger charge is -2.24. The lowest BCUT2D eigenvalue weighted by Crippen LogP contribution is -2.40. The first-order valence-electron chi connectivity index (χ1n) is 16.4. The quantitative estimate of drug-likeness (QED) is 0.111. The minimum Gasteiger partial charge on any atom is -0.507 e. The van der Waals surface area contributed by atoms with Gasteiger partial charge in [0, 0.05) is 23.4 Å². The van der Waals surface area contributed by atoms with Gasteiger partial charge in [-0.2, -0.15) is 0 Å². The number of carbonyl (C=O) groups is 1. The number of nitrogens with one attached hydrogen (secondary N) is 2. The summed E-state index contributed by atoms with van der Waals surface area (Å²) >= 11 is 0. The van der Waals surface area contributed by atoms with Gasteiger partial charge in [0.2, 0.25) is 5.96 Å². The number of esters is 1. The van der Waals surface area contributed by atoms with Gasteiger partial charge in [-0.05, 0) is 83.1 Å². The van der Waals surface area contributed by atoms with Crippen molar-refractivity contribution in [2.75, 3.05) is 38.4 Å². The van der Waals surface area contributed by atoms with Crippen LogP contribution in [-0.4, -0.2) is 95.6 Å². The van der Waals surface area contributed by atoms with Crippen molar-refractivity contribution in [2.45, 2.75) is 65.2 Å². The lowest BCUT2D eigenvalue weighted by atomic mass is 10.1. The topological polar surface area (TPSA) is 193 Å². The molecular weight excluding hydrogens is 648 g/mol. The molecular formula is C36H46N4O10. The number of benzene rings is 3. The number of phenolic OH excluding ortho intramolecular Hbond substituents is 2. The number of hydrogen-bond donors (Lipinski definition) is 6. The number of aromatic hydroxyl groups is 2. The normalized spacial score (nSPS) is 15.5. The van der Waals surface area contributed by atoms with Crippen LogP contribution in [0.15, 0.2) is 70.6 Å². The summed E-state index contributed by atoms with van der Waals surface area (Å²) in [6.45, 7) is 9.62. The monoisotopic (exact) mass is 694 g/mol. The van der Waals surface area contributed by atoms with E-state index in [-0.39, 0.29) is 68.5 Å². The number of aliphatic hydroxyl groups is 2. The van der Waals surface area contributed by atoms with Crippen LogP contribution in [0.5, 0.6) is 23.0 Å². The fourth-order valence-electron chi connectivity index (χ4n) is 4.55. The summed E-state index contributed by atoms with van der Waals surface area (Å²) in [6, 6.07) is 15.9. The molecule has 0 aromatic heterocycles. The van der Waals surface area contributed by atoms with E-state index in [4.69, 9.17) is 23.7 Å². The molecule has 50 heavy (non-hydrogen) atoms. The third-order valence-electron chi connectivity index (χ3n) is 7.03. The van der Waals surface area contributed by atoms with Crippen LogP contribution in [0.4, 0.5) is 5.69 Å². The number of anilines is 1. The summed E-state index contributed by atoms with van der Waals surface area (Å²) in [5.74, 6) is 0.373. The molecule has 3 aromatic rings. The van der Waals surface area contributed by atoms with E-state index in [2.05, 4.69) is 20.6 Å². The maximum Gasteiger partial charge on any atom is 0.338 e. The molecule has 0 spiro atoms. The van der Waals surface area contributed by atoms with E-state index in [1.54, 1.807) is 55.5 Å². The molecule has 0 saturated carbocycles. The zero-order chi connectivity index (χ0) is 36.2. The standard InChI is InChI=1S/C36H46N4O10/c1-6-46-35(45)23-7-9-24(10-8-23)37-36-39-33(29-13-11-27(15-31(29)43)49-19-25(41)17-47-21(2)3)38-34(40-36)30-14-12-28(16-32(30)44)50-20-26(42)18-48-22(4)5/h7-16,21-22,25-26,33,41-44H,6,17-20H2,1-5H3,(H2,37,38,39,40). The van der Waals surface area contributed by atoms with Gasteiger partial charge in [-0.15, -0.1) is 0 Å². The number of aliphatic imine (C=N–C) groups is 2. The Morgan fingerprint density at radius 2 is 1.38 bits per heavy atom. The van der Waals surface area contributed by atoms with Crippen molar-refractivity contribution in [3.05, 3.63) is 77.4 Å². The Morgan fingerprint density at radius 1 is 0.800 bits per heavy atom. The van der Waals surface area contributed by atoms with Crippen LogP contribution in [0.1, 0.15) is 62.3 Å². The predicted octanol–water partition coefficient (Wildman–Crippen LogP) is 4.12. The number of carbonyl (C=O) groups excluding carboxylic acids is 1. The number of aliphatic hydroxyl groups excluding tert-OH is 2. The fourth-order valence-corrected chi connectivity index (χ4v) is 4.55. The number of hydrogen-bond acceptors (Lipinski definition) is 14. The third-order valence-corrected chi connectivity index (χ3v) is 7.03. The number of amidine groups is 1. The van der Waals surface area contributed by atoms with Crippen LogP contribution in [-0.2, 0) is 14.2 Å². The maximum absolute atomic E-state index is 12.1. The lowest BCUT2D eigenvalue weighted by molar-refractivity contribution is -0.0123. The molecule has 4 rings (SSSR count). The molecule has 1 aliphatic rings. The van der Waals surface area contributed by atoms with Gasteiger partial charge >= 0.3 is 5.97 Å². The van der Waals surface area contributed by atoms with Gasteiger partial charge in [-0.3, -0.25) is 0 Å². The minimum atomic E-state index is -0.960. The molecule has 3 aromatic carbocycles. The maximum atomic E-state index is 12.1. The molecule has 14 nitrogen and oxygen atoms in total. The second-order valence-corrected chi connectivity index (χ2v) is 12.0. The highest BCUT2D eigenvalue weighted by Gasteiger charge is 2.24. The average molecular weight is 695 g/mol. The molecule has 270 valence electrons. The van der Waals surface area contributed by atoms with Crippen LogP contribution >= 0.6 is 0 Å². The molecule has 14 heteroatoms. The summed E-state index contributed by atoms with van der Waals surface area (Å²) in [6.07, 6.45) is -2.73. The molecule has 1 heterocycles. The predicted molar refractivity (Wildman–Crippen MR) is 187 cm³/mol. The number of phenols is 2. The SMILES string of the molecule is CCOC(=O)c1ccc(NC2=NC(c3ccc(OCC(O)COC(C)C)cc3O)N=C(c3ccc(OCC(O)COC(C)C)cc3O)N2)cc1. The van der Waals surface area contributed by atoms with E-state index in [9.17, 15) is 25.2 Å². The zero-order valence-electron chi connectivity index (χ0n) is 28.8. The first-order valence-corrected chi connectivity index (χ1v) is 16.4. The van der Waals surface area contributed by atoms with Gasteiger partial charge < -0.3 is 54.7 Å². The fraction of sp³-hybridized carbons (Fsp3) is 0.417. The van der Waals surface area contributed by atoms with Gasteiger partial charge in [0.1, 0.15) is 54.3 Å². The molecule has 0 amide bonds. The zero-order valence-corrected chi connectivity index (χ0v) is 28.8. The molecule has 0 saturated heterocycles. The van der Waals surface area contributed by atoms with Crippen LogP contribution in [0.25, 0.3) is 0 Å². The highest BCUT2D eigenvalue weighted by Crippen LogP contribution is 2.34. The van der Waals surface area contributed by atoms with Crippen LogP contribution in [0.2, 0.25) is 0 Å². The van der Waals surface area contributed by atoms with Gasteiger partial charge in [0.05, 0.1) is 43.2 Å². The van der Waals surface area contributed by atoms with Gasteiger partial charge in [-0.1, -0.05) is 0 Å². The molecule has 1 aliphatic heterocycles. The van der Waals surface area contributed by atoms with Crippen molar-refractivity contribution in [1.82, 2.24) is 5.32 Å². The van der Waals surface area contributed by atoms with E-state index in [0.29, 0.717) is 33.9 Å². The highest BCUT2D eigenvalue weighted by atomic mass is 16.5. The van der Waals surface area contributed by atoms with E-state index in [0.717, 1.165) is 0 Å². The number of ether oxygens (including phenoxy) is 5. The van der Waals surface area contributed by atoms with E-state index in [1.165, 1.54) is 12.1 Å². The third kappa shape index (κ3) is 11.3. The van der Waals surface area contributed by atoms with E-state index >= 15 is 0 Å². The Labute approximate surface area is 291 Å². The Balaban J connectivity index is 1.56. The van der Waals surface area contributed by atoms with Crippen molar-refractivity contribution < 1.29 is 48.9 Å². The smallest absolute Gasteiger partial charge is 0.338 e. The summed E-state index contributed by atoms with van der Waals surface area (Å²) in [5.41, 5.74) is 1.63. The molecule has 6 N–H and O–H groups in total. The molecule has 0 aliphatic carbocycles. The summed E-state index contributed by atoms with van der Waals surface area (Å²) in [5, 5.41) is 48.6. The van der Waals surface area contributed by atoms with Gasteiger partial charge in [0.15, 0.2) is 6.17 Å². The number of guanidine groups is 1. The molecule has 0 bridgehead atoms. The average Bonchev–Trinajstić information content (AvgIpc) is 3.08. The van der Waals surface area contributed by atoms with E-state index in [1.807, 2.05) is 27.7 Å². The van der Waals surface area contributed by atoms with Gasteiger partial charge in [-0.25, -0.2) is 14.8 Å². The number of rotatable bonds is 17. The molecule has 0 radical (unpaired) electrons. The van der Waals surface area contributed by atoms with Crippen molar-refractivity contribution in [3.63, 3.8) is 0 Å². The Kier molecular flexibility index (Phi) is 13.8. The summed E-state index contributed by atoms with van der Waals surface area (Å²) < 4.78 is 27.2. The number of nitrogens with zero attached hydrogens (tertiary/aromatic N) is 2. The van der Waals surface area contributed by atoms with Crippen LogP contribution in [0.3, 0.4) is 0 Å². The first-order chi connectivity index (χ1) is 23.9. The van der Waals surface area contributed by atoms with Gasteiger partial charge in [0.25, 0.3) is 0 Å². The second-order valence-electron chi connectivity index (χ2n) is 12.0. The molecule has 0 fully saturated rings. The van der Waals surface area contributed by atoms with Crippen molar-refractivity contribution in [1.29, 1.82) is 0 Å². The highest BCUT2D eigenvalue weighted by molar-refractivity contribution is 6.14. The Bertz CT molecular complexity index is 1630. The largest absolute Gasteiger partial charge is 0.507 e. The van der Waals surface area contributed by atoms with Crippen molar-refractivity contribution in [2.24, 2.45) is 9.98 Å². The molecule has 3 atom stereocenters. The minimum absolute atomic E-state index is 0.0328. The van der Waals surface area contributed by atoms with Crippen molar-refractivity contribution in [3.8, 4) is 23.0 Å². The Morgan fingerprint density at radius 3 is 1.92 bits per heavy atom. The van der Waals surface area contributed by atoms with Crippen LogP contribution in [0, 0.1) is 0 Å². The second kappa shape index (κ2) is 18.2. The van der Waals surface area contributed by atoms with Crippen LogP contribution < -0.4 is 20.1 Å². The summed E-state index contributed by atoms with van der Waals surface area (Å²) in [4.78, 5) is 21.5. The molecule has 3 unspecified atom stereocenters. The summed E-state index contributed by atoms with van der Waals surface area (Å²) in [7, 11) is 0. The Hall–Kier alpha value is -4.89.